The van der Waals surface area contributed by atoms with Gasteiger partial charge in [-0.05, 0) is 32.2 Å². The van der Waals surface area contributed by atoms with Crippen LogP contribution >= 0.6 is 11.3 Å². The second-order valence-corrected chi connectivity index (χ2v) is 6.67. The van der Waals surface area contributed by atoms with E-state index in [1.165, 1.54) is 12.8 Å². The minimum atomic E-state index is 0.604. The van der Waals surface area contributed by atoms with E-state index in [1.807, 2.05) is 12.3 Å². The Hall–Kier alpha value is -1.47. The van der Waals surface area contributed by atoms with Crippen LogP contribution in [0.1, 0.15) is 17.8 Å². The average molecular weight is 290 g/mol. The van der Waals surface area contributed by atoms with Crippen LogP contribution in [0.2, 0.25) is 0 Å². The molecule has 2 aromatic rings. The van der Waals surface area contributed by atoms with Crippen molar-refractivity contribution >= 4 is 17.3 Å². The van der Waals surface area contributed by atoms with Gasteiger partial charge in [-0.15, -0.1) is 16.4 Å². The Balaban J connectivity index is 1.54. The molecule has 0 aliphatic carbocycles. The van der Waals surface area contributed by atoms with Gasteiger partial charge in [-0.25, -0.2) is 4.98 Å². The number of aryl methyl sites for hydroxylation is 1. The SMILES string of the molecule is Cc1nc(-c2nc(N3CC4CCCNC4C3)n[nH]2)cs1. The smallest absolute Gasteiger partial charge is 0.245 e. The first-order valence-electron chi connectivity index (χ1n) is 7.13. The van der Waals surface area contributed by atoms with Gasteiger partial charge in [0.15, 0.2) is 5.82 Å². The lowest BCUT2D eigenvalue weighted by atomic mass is 9.94. The van der Waals surface area contributed by atoms with E-state index in [0.29, 0.717) is 6.04 Å². The number of aromatic amines is 1. The Morgan fingerprint density at radius 2 is 2.30 bits per heavy atom. The maximum Gasteiger partial charge on any atom is 0.245 e. The topological polar surface area (TPSA) is 69.7 Å². The zero-order valence-electron chi connectivity index (χ0n) is 11.5. The Morgan fingerprint density at radius 1 is 1.35 bits per heavy atom. The fourth-order valence-corrected chi connectivity index (χ4v) is 3.79. The van der Waals surface area contributed by atoms with E-state index in [4.69, 9.17) is 0 Å². The largest absolute Gasteiger partial charge is 0.338 e. The van der Waals surface area contributed by atoms with Crippen LogP contribution in [-0.2, 0) is 0 Å². The number of piperidine rings is 1. The molecule has 106 valence electrons. The summed E-state index contributed by atoms with van der Waals surface area (Å²) in [7, 11) is 0. The zero-order valence-corrected chi connectivity index (χ0v) is 12.3. The van der Waals surface area contributed by atoms with Gasteiger partial charge in [0.25, 0.3) is 0 Å². The summed E-state index contributed by atoms with van der Waals surface area (Å²) in [6, 6.07) is 0.604. The van der Waals surface area contributed by atoms with Crippen LogP contribution in [0.4, 0.5) is 5.95 Å². The number of rotatable bonds is 2. The first-order chi connectivity index (χ1) is 9.79. The van der Waals surface area contributed by atoms with Crippen molar-refractivity contribution in [2.45, 2.75) is 25.8 Å². The maximum absolute atomic E-state index is 4.61. The van der Waals surface area contributed by atoms with E-state index in [-0.39, 0.29) is 0 Å². The van der Waals surface area contributed by atoms with Crippen molar-refractivity contribution < 1.29 is 0 Å². The van der Waals surface area contributed by atoms with Crippen molar-refractivity contribution in [1.82, 2.24) is 25.5 Å². The van der Waals surface area contributed by atoms with Crippen LogP contribution in [0.15, 0.2) is 5.38 Å². The third kappa shape index (κ3) is 2.10. The summed E-state index contributed by atoms with van der Waals surface area (Å²) in [6.07, 6.45) is 2.60. The fraction of sp³-hybridized carbons (Fsp3) is 0.615. The van der Waals surface area contributed by atoms with Gasteiger partial charge >= 0.3 is 0 Å². The van der Waals surface area contributed by atoms with Crippen molar-refractivity contribution in [3.8, 4) is 11.5 Å². The lowest BCUT2D eigenvalue weighted by Gasteiger charge is -2.24. The number of thiazole rings is 1. The van der Waals surface area contributed by atoms with Crippen LogP contribution in [0.3, 0.4) is 0 Å². The van der Waals surface area contributed by atoms with Crippen molar-refractivity contribution in [3.63, 3.8) is 0 Å². The average Bonchev–Trinajstić information content (AvgIpc) is 3.16. The summed E-state index contributed by atoms with van der Waals surface area (Å²) in [5.74, 6) is 2.32. The monoisotopic (exact) mass is 290 g/mol. The molecule has 0 saturated carbocycles. The Kier molecular flexibility index (Phi) is 2.96. The molecule has 2 aromatic heterocycles. The molecule has 2 aliphatic rings. The summed E-state index contributed by atoms with van der Waals surface area (Å²) < 4.78 is 0. The maximum atomic E-state index is 4.61. The second kappa shape index (κ2) is 4.82. The van der Waals surface area contributed by atoms with Crippen LogP contribution in [0.25, 0.3) is 11.5 Å². The molecular weight excluding hydrogens is 272 g/mol. The number of hydrogen-bond donors (Lipinski definition) is 2. The van der Waals surface area contributed by atoms with E-state index in [2.05, 4.69) is 30.4 Å². The summed E-state index contributed by atoms with van der Waals surface area (Å²) >= 11 is 1.63. The summed E-state index contributed by atoms with van der Waals surface area (Å²) in [5.41, 5.74) is 0.890. The first-order valence-corrected chi connectivity index (χ1v) is 8.01. The van der Waals surface area contributed by atoms with Gasteiger partial charge in [-0.1, -0.05) is 0 Å². The van der Waals surface area contributed by atoms with E-state index >= 15 is 0 Å². The van der Waals surface area contributed by atoms with Crippen LogP contribution in [0.5, 0.6) is 0 Å². The predicted molar refractivity (Wildman–Crippen MR) is 79.0 cm³/mol. The summed E-state index contributed by atoms with van der Waals surface area (Å²) in [5, 5.41) is 14.1. The number of H-pyrrole nitrogens is 1. The van der Waals surface area contributed by atoms with E-state index in [9.17, 15) is 0 Å². The molecule has 4 heterocycles. The minimum Gasteiger partial charge on any atom is -0.338 e. The van der Waals surface area contributed by atoms with Gasteiger partial charge in [0, 0.05) is 24.5 Å². The Bertz CT molecular complexity index is 592. The van der Waals surface area contributed by atoms with Gasteiger partial charge in [0.05, 0.1) is 5.01 Å². The summed E-state index contributed by atoms with van der Waals surface area (Å²) in [4.78, 5) is 11.3. The van der Waals surface area contributed by atoms with Crippen LogP contribution in [-0.4, -0.2) is 45.8 Å². The minimum absolute atomic E-state index is 0.604. The Labute approximate surface area is 121 Å². The third-order valence-corrected chi connectivity index (χ3v) is 4.99. The highest BCUT2D eigenvalue weighted by Gasteiger charge is 2.35. The molecule has 7 heteroatoms. The highest BCUT2D eigenvalue weighted by Crippen LogP contribution is 2.28. The van der Waals surface area contributed by atoms with Gasteiger partial charge < -0.3 is 10.2 Å². The normalized spacial score (nSPS) is 25.9. The Morgan fingerprint density at radius 3 is 3.10 bits per heavy atom. The number of nitrogens with zero attached hydrogens (tertiary/aromatic N) is 4. The highest BCUT2D eigenvalue weighted by molar-refractivity contribution is 7.09. The molecule has 0 amide bonds. The molecule has 0 radical (unpaired) electrons. The van der Waals surface area contributed by atoms with Gasteiger partial charge in [-0.2, -0.15) is 4.98 Å². The molecule has 20 heavy (non-hydrogen) atoms. The number of nitrogens with one attached hydrogen (secondary N) is 2. The van der Waals surface area contributed by atoms with Gasteiger partial charge in [0.1, 0.15) is 5.69 Å². The molecule has 2 unspecified atom stereocenters. The highest BCUT2D eigenvalue weighted by atomic mass is 32.1. The molecule has 2 N–H and O–H groups in total. The van der Waals surface area contributed by atoms with E-state index in [1.54, 1.807) is 11.3 Å². The lowest BCUT2D eigenvalue weighted by molar-refractivity contribution is 0.340. The van der Waals surface area contributed by atoms with Crippen molar-refractivity contribution in [2.24, 2.45) is 5.92 Å². The standard InChI is InChI=1S/C13H18N6S/c1-8-15-11(7-20-8)12-16-13(18-17-12)19-5-9-3-2-4-14-10(9)6-19/h7,9-10,14H,2-6H2,1H3,(H,16,17,18). The van der Waals surface area contributed by atoms with E-state index in [0.717, 1.165) is 48.0 Å². The molecule has 2 saturated heterocycles. The van der Waals surface area contributed by atoms with Gasteiger partial charge in [0.2, 0.25) is 5.95 Å². The number of anilines is 1. The van der Waals surface area contributed by atoms with Crippen molar-refractivity contribution in [1.29, 1.82) is 0 Å². The molecular formula is C13H18N6S. The molecule has 0 bridgehead atoms. The van der Waals surface area contributed by atoms with Crippen molar-refractivity contribution in [2.75, 3.05) is 24.5 Å². The predicted octanol–water partition coefficient (Wildman–Crippen LogP) is 1.42. The fourth-order valence-electron chi connectivity index (χ4n) is 3.19. The second-order valence-electron chi connectivity index (χ2n) is 5.60. The number of aromatic nitrogens is 4. The van der Waals surface area contributed by atoms with Crippen LogP contribution < -0.4 is 10.2 Å². The number of fused-ring (bicyclic) bond motifs is 1. The number of hydrogen-bond acceptors (Lipinski definition) is 6. The first kappa shape index (κ1) is 12.3. The van der Waals surface area contributed by atoms with Gasteiger partial charge in [-0.3, -0.25) is 5.10 Å². The molecule has 4 rings (SSSR count). The molecule has 0 spiro atoms. The molecule has 2 aliphatic heterocycles. The zero-order chi connectivity index (χ0) is 13.5. The van der Waals surface area contributed by atoms with Crippen LogP contribution in [0, 0.1) is 12.8 Å². The molecule has 2 fully saturated rings. The molecule has 2 atom stereocenters. The molecule has 6 nitrogen and oxygen atoms in total. The molecule has 0 aromatic carbocycles. The quantitative estimate of drug-likeness (QED) is 0.875. The summed E-state index contributed by atoms with van der Waals surface area (Å²) in [6.45, 7) is 5.22. The lowest BCUT2D eigenvalue weighted by Crippen LogP contribution is -2.40. The van der Waals surface area contributed by atoms with Crippen molar-refractivity contribution in [3.05, 3.63) is 10.4 Å². The van der Waals surface area contributed by atoms with E-state index < -0.39 is 0 Å². The third-order valence-electron chi connectivity index (χ3n) is 4.22.